The lowest BCUT2D eigenvalue weighted by Crippen LogP contribution is -2.51. The summed E-state index contributed by atoms with van der Waals surface area (Å²) >= 11 is 0. The number of rotatable bonds is 5. The predicted molar refractivity (Wildman–Crippen MR) is 112 cm³/mol. The number of hydrogen-bond acceptors (Lipinski definition) is 4. The van der Waals surface area contributed by atoms with Gasteiger partial charge in [-0.25, -0.2) is 0 Å². The maximum absolute atomic E-state index is 13.0. The average Bonchev–Trinajstić information content (AvgIpc) is 3.38. The molecule has 1 aromatic heterocycles. The Kier molecular flexibility index (Phi) is 5.67. The van der Waals surface area contributed by atoms with Gasteiger partial charge in [-0.3, -0.25) is 19.2 Å². The van der Waals surface area contributed by atoms with Crippen LogP contribution in [0.1, 0.15) is 17.5 Å². The van der Waals surface area contributed by atoms with Crippen LogP contribution >= 0.6 is 0 Å². The van der Waals surface area contributed by atoms with Crippen molar-refractivity contribution >= 4 is 17.5 Å². The molecule has 0 N–H and O–H groups in total. The molecule has 0 bridgehead atoms. The van der Waals surface area contributed by atoms with E-state index < -0.39 is 0 Å². The molecule has 2 aliphatic rings. The van der Waals surface area contributed by atoms with Gasteiger partial charge in [0.15, 0.2) is 0 Å². The molecule has 2 fully saturated rings. The third kappa shape index (κ3) is 4.34. The SMILES string of the molecule is Cc1ccc(N2C[C@H](C(=O)N3CCN(CCn4cccn4)CC3)CC2=O)cc1C. The Labute approximate surface area is 171 Å². The molecule has 7 heteroatoms. The van der Waals surface area contributed by atoms with Crippen molar-refractivity contribution in [1.82, 2.24) is 19.6 Å². The van der Waals surface area contributed by atoms with Crippen molar-refractivity contribution in [3.05, 3.63) is 47.8 Å². The van der Waals surface area contributed by atoms with Crippen LogP contribution in [0.5, 0.6) is 0 Å². The van der Waals surface area contributed by atoms with Crippen LogP contribution in [-0.2, 0) is 16.1 Å². The van der Waals surface area contributed by atoms with Crippen LogP contribution in [0.2, 0.25) is 0 Å². The van der Waals surface area contributed by atoms with Crippen molar-refractivity contribution in [2.75, 3.05) is 44.2 Å². The molecule has 4 rings (SSSR count). The summed E-state index contributed by atoms with van der Waals surface area (Å²) < 4.78 is 1.93. The van der Waals surface area contributed by atoms with Crippen molar-refractivity contribution < 1.29 is 9.59 Å². The van der Waals surface area contributed by atoms with Gasteiger partial charge in [0.1, 0.15) is 0 Å². The molecule has 2 amide bonds. The number of aromatic nitrogens is 2. The Hall–Kier alpha value is -2.67. The van der Waals surface area contributed by atoms with E-state index in [1.165, 1.54) is 5.56 Å². The van der Waals surface area contributed by atoms with Gasteiger partial charge in [0, 0.05) is 63.8 Å². The van der Waals surface area contributed by atoms with E-state index in [2.05, 4.69) is 16.9 Å². The third-order valence-corrected chi connectivity index (χ3v) is 6.16. The van der Waals surface area contributed by atoms with Crippen molar-refractivity contribution in [3.63, 3.8) is 0 Å². The Balaban J connectivity index is 1.30. The number of carbonyl (C=O) groups is 2. The molecule has 0 radical (unpaired) electrons. The summed E-state index contributed by atoms with van der Waals surface area (Å²) in [4.78, 5) is 31.6. The number of carbonyl (C=O) groups excluding carboxylic acids is 2. The molecule has 2 aliphatic heterocycles. The first-order chi connectivity index (χ1) is 14.0. The van der Waals surface area contributed by atoms with Gasteiger partial charge in [-0.15, -0.1) is 0 Å². The molecule has 1 aromatic carbocycles. The van der Waals surface area contributed by atoms with Gasteiger partial charge in [-0.05, 0) is 43.2 Å². The van der Waals surface area contributed by atoms with Crippen LogP contribution in [0.15, 0.2) is 36.7 Å². The van der Waals surface area contributed by atoms with Crippen LogP contribution in [0, 0.1) is 19.8 Å². The lowest BCUT2D eigenvalue weighted by atomic mass is 10.1. The summed E-state index contributed by atoms with van der Waals surface area (Å²) in [6, 6.07) is 7.99. The highest BCUT2D eigenvalue weighted by atomic mass is 16.2. The zero-order chi connectivity index (χ0) is 20.4. The van der Waals surface area contributed by atoms with E-state index in [1.54, 1.807) is 11.1 Å². The van der Waals surface area contributed by atoms with Crippen molar-refractivity contribution in [2.45, 2.75) is 26.8 Å². The molecule has 154 valence electrons. The van der Waals surface area contributed by atoms with E-state index in [-0.39, 0.29) is 17.7 Å². The molecular formula is C22H29N5O2. The molecular weight excluding hydrogens is 366 g/mol. The summed E-state index contributed by atoms with van der Waals surface area (Å²) in [5.41, 5.74) is 3.27. The highest BCUT2D eigenvalue weighted by Crippen LogP contribution is 2.28. The molecule has 7 nitrogen and oxygen atoms in total. The van der Waals surface area contributed by atoms with Gasteiger partial charge in [-0.2, -0.15) is 5.10 Å². The molecule has 0 spiro atoms. The van der Waals surface area contributed by atoms with E-state index >= 15 is 0 Å². The lowest BCUT2D eigenvalue weighted by Gasteiger charge is -2.35. The topological polar surface area (TPSA) is 61.7 Å². The van der Waals surface area contributed by atoms with Crippen molar-refractivity contribution in [2.24, 2.45) is 5.92 Å². The average molecular weight is 396 g/mol. The molecule has 2 aromatic rings. The summed E-state index contributed by atoms with van der Waals surface area (Å²) in [7, 11) is 0. The molecule has 0 unspecified atom stereocenters. The minimum absolute atomic E-state index is 0.0458. The second-order valence-corrected chi connectivity index (χ2v) is 8.11. The van der Waals surface area contributed by atoms with Crippen LogP contribution < -0.4 is 4.90 Å². The highest BCUT2D eigenvalue weighted by molar-refractivity contribution is 6.00. The minimum Gasteiger partial charge on any atom is -0.340 e. The second-order valence-electron chi connectivity index (χ2n) is 8.11. The molecule has 29 heavy (non-hydrogen) atoms. The quantitative estimate of drug-likeness (QED) is 0.773. The zero-order valence-corrected chi connectivity index (χ0v) is 17.3. The molecule has 2 saturated heterocycles. The Bertz CT molecular complexity index is 871. The number of nitrogens with zero attached hydrogens (tertiary/aromatic N) is 5. The molecule has 3 heterocycles. The smallest absolute Gasteiger partial charge is 0.228 e. The maximum atomic E-state index is 13.0. The molecule has 0 aliphatic carbocycles. The van der Waals surface area contributed by atoms with E-state index in [4.69, 9.17) is 0 Å². The minimum atomic E-state index is -0.236. The Morgan fingerprint density at radius 1 is 1.10 bits per heavy atom. The number of aryl methyl sites for hydroxylation is 2. The van der Waals surface area contributed by atoms with Crippen LogP contribution in [-0.4, -0.2) is 70.7 Å². The standard InChI is InChI=1S/C22H29N5O2/c1-17-4-5-20(14-18(17)2)27-16-19(15-21(27)28)22(29)25-11-8-24(9-12-25)10-13-26-7-3-6-23-26/h3-7,14,19H,8-13,15-16H2,1-2H3/t19-/m1/s1. The van der Waals surface area contributed by atoms with Crippen LogP contribution in [0.3, 0.4) is 0 Å². The summed E-state index contributed by atoms with van der Waals surface area (Å²) in [5, 5.41) is 4.23. The monoisotopic (exact) mass is 395 g/mol. The van der Waals surface area contributed by atoms with E-state index in [1.807, 2.05) is 47.0 Å². The van der Waals surface area contributed by atoms with E-state index in [0.717, 1.165) is 50.5 Å². The van der Waals surface area contributed by atoms with Gasteiger partial charge in [-0.1, -0.05) is 6.07 Å². The van der Waals surface area contributed by atoms with E-state index in [0.29, 0.717) is 13.0 Å². The van der Waals surface area contributed by atoms with Crippen molar-refractivity contribution in [1.29, 1.82) is 0 Å². The molecule has 0 saturated carbocycles. The Morgan fingerprint density at radius 2 is 1.90 bits per heavy atom. The number of anilines is 1. The first-order valence-electron chi connectivity index (χ1n) is 10.4. The number of benzene rings is 1. The van der Waals surface area contributed by atoms with Gasteiger partial charge in [0.05, 0.1) is 12.5 Å². The fourth-order valence-corrected chi connectivity index (χ4v) is 4.14. The third-order valence-electron chi connectivity index (χ3n) is 6.16. The fourth-order valence-electron chi connectivity index (χ4n) is 4.14. The van der Waals surface area contributed by atoms with E-state index in [9.17, 15) is 9.59 Å². The predicted octanol–water partition coefficient (Wildman–Crippen LogP) is 1.70. The largest absolute Gasteiger partial charge is 0.340 e. The maximum Gasteiger partial charge on any atom is 0.228 e. The molecule has 1 atom stereocenters. The summed E-state index contributed by atoms with van der Waals surface area (Å²) in [6.07, 6.45) is 4.07. The number of hydrogen-bond donors (Lipinski definition) is 0. The number of piperazine rings is 1. The normalized spacial score (nSPS) is 20.5. The van der Waals surface area contributed by atoms with Gasteiger partial charge < -0.3 is 9.80 Å². The van der Waals surface area contributed by atoms with Gasteiger partial charge in [0.25, 0.3) is 0 Å². The van der Waals surface area contributed by atoms with Crippen LogP contribution in [0.4, 0.5) is 5.69 Å². The lowest BCUT2D eigenvalue weighted by molar-refractivity contribution is -0.137. The first kappa shape index (κ1) is 19.6. The van der Waals surface area contributed by atoms with Crippen LogP contribution in [0.25, 0.3) is 0 Å². The highest BCUT2D eigenvalue weighted by Gasteiger charge is 2.37. The summed E-state index contributed by atoms with van der Waals surface area (Å²) in [5.74, 6) is -0.0689. The fraction of sp³-hybridized carbons (Fsp3) is 0.500. The second kappa shape index (κ2) is 8.37. The van der Waals surface area contributed by atoms with Crippen molar-refractivity contribution in [3.8, 4) is 0 Å². The van der Waals surface area contributed by atoms with Gasteiger partial charge in [0.2, 0.25) is 11.8 Å². The summed E-state index contributed by atoms with van der Waals surface area (Å²) in [6.45, 7) is 9.59. The first-order valence-corrected chi connectivity index (χ1v) is 10.4. The number of amides is 2. The zero-order valence-electron chi connectivity index (χ0n) is 17.3. The van der Waals surface area contributed by atoms with Gasteiger partial charge >= 0.3 is 0 Å². The Morgan fingerprint density at radius 3 is 2.59 bits per heavy atom.